The van der Waals surface area contributed by atoms with Crippen molar-refractivity contribution < 1.29 is 4.74 Å². The molecule has 0 amide bonds. The van der Waals surface area contributed by atoms with Gasteiger partial charge in [-0.1, -0.05) is 11.6 Å². The molecule has 0 saturated carbocycles. The van der Waals surface area contributed by atoms with Crippen molar-refractivity contribution in [3.05, 3.63) is 50.1 Å². The maximum Gasteiger partial charge on any atom is 0.306 e. The minimum Gasteiger partial charge on any atom is -0.425 e. The Balaban J connectivity index is 1.89. The predicted octanol–water partition coefficient (Wildman–Crippen LogP) is 5.36. The molecule has 3 aromatic rings. The third-order valence-corrected chi connectivity index (χ3v) is 5.97. The van der Waals surface area contributed by atoms with Gasteiger partial charge in [-0.15, -0.1) is 11.3 Å². The van der Waals surface area contributed by atoms with Gasteiger partial charge in [0, 0.05) is 15.9 Å². The standard InChI is InChI=1S/C19H19ClN2O2S/c1-11(2)22-18(23)16-14-5-3-4-6-15(14)25-17(16)21-19(22)24-13-9-7-12(20)8-10-13/h7-11H,3-6H2,1-2H3. The molecule has 0 bridgehead atoms. The summed E-state index contributed by atoms with van der Waals surface area (Å²) >= 11 is 7.57. The molecular weight excluding hydrogens is 356 g/mol. The first-order valence-electron chi connectivity index (χ1n) is 8.55. The summed E-state index contributed by atoms with van der Waals surface area (Å²) in [6, 6.07) is 7.39. The molecule has 0 fully saturated rings. The summed E-state index contributed by atoms with van der Waals surface area (Å²) in [5, 5.41) is 1.43. The zero-order valence-electron chi connectivity index (χ0n) is 14.2. The average Bonchev–Trinajstić information content (AvgIpc) is 2.95. The summed E-state index contributed by atoms with van der Waals surface area (Å²) in [5.74, 6) is 0.617. The van der Waals surface area contributed by atoms with E-state index in [4.69, 9.17) is 21.3 Å². The fourth-order valence-corrected chi connectivity index (χ4v) is 4.70. The molecule has 0 spiro atoms. The van der Waals surface area contributed by atoms with Crippen LogP contribution in [0.4, 0.5) is 0 Å². The van der Waals surface area contributed by atoms with E-state index in [1.54, 1.807) is 40.2 Å². The molecule has 6 heteroatoms. The van der Waals surface area contributed by atoms with Gasteiger partial charge in [0.15, 0.2) is 0 Å². The van der Waals surface area contributed by atoms with Gasteiger partial charge < -0.3 is 4.74 Å². The van der Waals surface area contributed by atoms with E-state index in [1.165, 1.54) is 16.9 Å². The lowest BCUT2D eigenvalue weighted by Crippen LogP contribution is -2.24. The van der Waals surface area contributed by atoms with Gasteiger partial charge >= 0.3 is 6.01 Å². The highest BCUT2D eigenvalue weighted by atomic mass is 35.5. The number of aromatic nitrogens is 2. The SMILES string of the molecule is CC(C)n1c(Oc2ccc(Cl)cc2)nc2sc3c(c2c1=O)CCCC3. The molecule has 4 rings (SSSR count). The number of nitrogens with zero attached hydrogens (tertiary/aromatic N) is 2. The van der Waals surface area contributed by atoms with E-state index in [-0.39, 0.29) is 11.6 Å². The highest BCUT2D eigenvalue weighted by molar-refractivity contribution is 7.18. The third kappa shape index (κ3) is 2.96. The van der Waals surface area contributed by atoms with E-state index in [9.17, 15) is 4.79 Å². The Kier molecular flexibility index (Phi) is 4.29. The van der Waals surface area contributed by atoms with Gasteiger partial charge in [0.25, 0.3) is 5.56 Å². The zero-order valence-corrected chi connectivity index (χ0v) is 15.8. The second-order valence-corrected chi connectivity index (χ2v) is 8.13. The van der Waals surface area contributed by atoms with E-state index in [1.807, 2.05) is 13.8 Å². The summed E-state index contributed by atoms with van der Waals surface area (Å²) in [7, 11) is 0. The normalized spacial score (nSPS) is 14.1. The minimum absolute atomic E-state index is 0.00311. The number of thiophene rings is 1. The van der Waals surface area contributed by atoms with Gasteiger partial charge in [-0.3, -0.25) is 9.36 Å². The molecule has 0 unspecified atom stereocenters. The minimum atomic E-state index is -0.0363. The first-order valence-corrected chi connectivity index (χ1v) is 9.74. The van der Waals surface area contributed by atoms with Crippen LogP contribution in [0.1, 0.15) is 43.2 Å². The molecule has 130 valence electrons. The van der Waals surface area contributed by atoms with E-state index in [0.29, 0.717) is 16.8 Å². The first-order chi connectivity index (χ1) is 12.0. The van der Waals surface area contributed by atoms with Crippen LogP contribution in [0, 0.1) is 0 Å². The number of aryl methyl sites for hydroxylation is 2. The van der Waals surface area contributed by atoms with Crippen LogP contribution in [0.25, 0.3) is 10.2 Å². The number of hydrogen-bond acceptors (Lipinski definition) is 4. The Morgan fingerprint density at radius 2 is 1.92 bits per heavy atom. The lowest BCUT2D eigenvalue weighted by atomic mass is 9.97. The third-order valence-electron chi connectivity index (χ3n) is 4.53. The van der Waals surface area contributed by atoms with Gasteiger partial charge in [-0.05, 0) is 69.4 Å². The lowest BCUT2D eigenvalue weighted by Gasteiger charge is -2.16. The fourth-order valence-electron chi connectivity index (χ4n) is 3.33. The Hall–Kier alpha value is -1.85. The van der Waals surface area contributed by atoms with Crippen molar-refractivity contribution in [1.29, 1.82) is 0 Å². The molecule has 0 saturated heterocycles. The molecule has 2 aromatic heterocycles. The molecule has 2 heterocycles. The molecule has 1 aromatic carbocycles. The van der Waals surface area contributed by atoms with Crippen LogP contribution < -0.4 is 10.3 Å². The summed E-state index contributed by atoms with van der Waals surface area (Å²) in [4.78, 5) is 20.0. The van der Waals surface area contributed by atoms with Crippen molar-refractivity contribution in [2.24, 2.45) is 0 Å². The van der Waals surface area contributed by atoms with Crippen molar-refractivity contribution >= 4 is 33.2 Å². The Morgan fingerprint density at radius 3 is 2.64 bits per heavy atom. The summed E-state index contributed by atoms with van der Waals surface area (Å²) in [5.41, 5.74) is 1.21. The van der Waals surface area contributed by atoms with Crippen LogP contribution in [0.5, 0.6) is 11.8 Å². The lowest BCUT2D eigenvalue weighted by molar-refractivity contribution is 0.383. The van der Waals surface area contributed by atoms with Crippen molar-refractivity contribution in [2.75, 3.05) is 0 Å². The number of halogens is 1. The molecule has 1 aliphatic rings. The largest absolute Gasteiger partial charge is 0.425 e. The van der Waals surface area contributed by atoms with E-state index in [0.717, 1.165) is 29.5 Å². The fraction of sp³-hybridized carbons (Fsp3) is 0.368. The van der Waals surface area contributed by atoms with Crippen LogP contribution in [-0.4, -0.2) is 9.55 Å². The van der Waals surface area contributed by atoms with Gasteiger partial charge in [-0.25, -0.2) is 0 Å². The molecule has 0 aliphatic heterocycles. The summed E-state index contributed by atoms with van der Waals surface area (Å²) in [6.45, 7) is 3.95. The maximum absolute atomic E-state index is 13.2. The van der Waals surface area contributed by atoms with Crippen LogP contribution >= 0.6 is 22.9 Å². The number of rotatable bonds is 3. The van der Waals surface area contributed by atoms with Gasteiger partial charge in [0.2, 0.25) is 0 Å². The molecule has 25 heavy (non-hydrogen) atoms. The van der Waals surface area contributed by atoms with Gasteiger partial charge in [-0.2, -0.15) is 4.98 Å². The van der Waals surface area contributed by atoms with Crippen LogP contribution in [0.2, 0.25) is 5.02 Å². The second-order valence-electron chi connectivity index (χ2n) is 6.61. The summed E-state index contributed by atoms with van der Waals surface area (Å²) < 4.78 is 7.60. The van der Waals surface area contributed by atoms with Crippen molar-refractivity contribution in [2.45, 2.75) is 45.6 Å². The predicted molar refractivity (Wildman–Crippen MR) is 102 cm³/mol. The van der Waals surface area contributed by atoms with Crippen LogP contribution in [0.15, 0.2) is 29.1 Å². The van der Waals surface area contributed by atoms with Crippen LogP contribution in [0.3, 0.4) is 0 Å². The van der Waals surface area contributed by atoms with Crippen molar-refractivity contribution in [3.63, 3.8) is 0 Å². The average molecular weight is 375 g/mol. The number of hydrogen-bond donors (Lipinski definition) is 0. The maximum atomic E-state index is 13.2. The number of ether oxygens (including phenoxy) is 1. The Morgan fingerprint density at radius 1 is 1.20 bits per heavy atom. The van der Waals surface area contributed by atoms with Crippen molar-refractivity contribution in [1.82, 2.24) is 9.55 Å². The van der Waals surface area contributed by atoms with Gasteiger partial charge in [0.1, 0.15) is 10.6 Å². The first kappa shape index (κ1) is 16.6. The molecule has 1 aliphatic carbocycles. The van der Waals surface area contributed by atoms with Crippen LogP contribution in [-0.2, 0) is 12.8 Å². The smallest absolute Gasteiger partial charge is 0.306 e. The monoisotopic (exact) mass is 374 g/mol. The molecule has 0 atom stereocenters. The zero-order chi connectivity index (χ0) is 17.6. The highest BCUT2D eigenvalue weighted by Crippen LogP contribution is 2.35. The molecule has 0 radical (unpaired) electrons. The molecule has 4 nitrogen and oxygen atoms in total. The highest BCUT2D eigenvalue weighted by Gasteiger charge is 2.23. The summed E-state index contributed by atoms with van der Waals surface area (Å²) in [6.07, 6.45) is 4.35. The topological polar surface area (TPSA) is 44.1 Å². The van der Waals surface area contributed by atoms with E-state index >= 15 is 0 Å². The molecular formula is C19H19ClN2O2S. The second kappa shape index (κ2) is 6.46. The van der Waals surface area contributed by atoms with Crippen molar-refractivity contribution in [3.8, 4) is 11.8 Å². The Labute approximate surface area is 155 Å². The molecule has 0 N–H and O–H groups in total. The number of fused-ring (bicyclic) bond motifs is 3. The Bertz CT molecular complexity index is 989. The quantitative estimate of drug-likeness (QED) is 0.619. The number of benzene rings is 1. The van der Waals surface area contributed by atoms with Gasteiger partial charge in [0.05, 0.1) is 5.39 Å². The van der Waals surface area contributed by atoms with E-state index < -0.39 is 0 Å². The van der Waals surface area contributed by atoms with E-state index in [2.05, 4.69) is 0 Å².